The molecule has 30 heavy (non-hydrogen) atoms. The number of hydrogen-bond acceptors (Lipinski definition) is 7. The van der Waals surface area contributed by atoms with Gasteiger partial charge in [-0.1, -0.05) is 35.9 Å². The van der Waals surface area contributed by atoms with E-state index in [1.54, 1.807) is 24.3 Å². The maximum absolute atomic E-state index is 12.7. The zero-order chi connectivity index (χ0) is 21.4. The monoisotopic (exact) mass is 428 g/mol. The number of benzene rings is 3. The van der Waals surface area contributed by atoms with E-state index in [9.17, 15) is 25.2 Å². The highest BCUT2D eigenvalue weighted by molar-refractivity contribution is 6.33. The van der Waals surface area contributed by atoms with Crippen LogP contribution in [0.4, 0.5) is 0 Å². The van der Waals surface area contributed by atoms with Crippen LogP contribution in [0.15, 0.2) is 54.6 Å². The molecule has 1 heterocycles. The Labute approximate surface area is 176 Å². The van der Waals surface area contributed by atoms with Crippen LogP contribution in [0.3, 0.4) is 0 Å². The van der Waals surface area contributed by atoms with Crippen molar-refractivity contribution in [2.45, 2.75) is 18.6 Å². The number of ether oxygens (including phenoxy) is 2. The minimum atomic E-state index is -0.928. The SMILES string of the molecule is O=C(O[C@@H]1Cc2ccc(O)c(O)c2O[C@H]1c1ccc(O)c(O)c1)c1ccccc1Cl. The highest BCUT2D eigenvalue weighted by Crippen LogP contribution is 2.46. The van der Waals surface area contributed by atoms with Gasteiger partial charge in [0.2, 0.25) is 5.75 Å². The highest BCUT2D eigenvalue weighted by atomic mass is 35.5. The molecule has 154 valence electrons. The maximum atomic E-state index is 12.7. The molecule has 1 aliphatic heterocycles. The third-order valence-electron chi connectivity index (χ3n) is 4.88. The second-order valence-corrected chi connectivity index (χ2v) is 7.24. The van der Waals surface area contributed by atoms with Crippen LogP contribution < -0.4 is 4.74 Å². The van der Waals surface area contributed by atoms with E-state index in [2.05, 4.69) is 0 Å². The minimum Gasteiger partial charge on any atom is -0.504 e. The van der Waals surface area contributed by atoms with E-state index < -0.39 is 23.9 Å². The molecule has 0 amide bonds. The van der Waals surface area contributed by atoms with E-state index in [0.29, 0.717) is 11.1 Å². The number of fused-ring (bicyclic) bond motifs is 1. The fraction of sp³-hybridized carbons (Fsp3) is 0.136. The Morgan fingerprint density at radius 1 is 0.967 bits per heavy atom. The Bertz CT molecular complexity index is 1130. The molecule has 0 saturated carbocycles. The Hall–Kier alpha value is -3.58. The molecule has 0 fully saturated rings. The standard InChI is InChI=1S/C22H17ClO7/c23-14-4-2-1-3-13(14)22(28)29-18-10-12-6-8-16(25)19(27)21(12)30-20(18)11-5-7-15(24)17(26)9-11/h1-9,18,20,24-27H,10H2/t18-,20+/m1/s1. The smallest absolute Gasteiger partial charge is 0.340 e. The zero-order valence-electron chi connectivity index (χ0n) is 15.4. The first kappa shape index (κ1) is 19.7. The van der Waals surface area contributed by atoms with Gasteiger partial charge < -0.3 is 29.9 Å². The summed E-state index contributed by atoms with van der Waals surface area (Å²) in [7, 11) is 0. The lowest BCUT2D eigenvalue weighted by atomic mass is 9.93. The summed E-state index contributed by atoms with van der Waals surface area (Å²) in [5, 5.41) is 39.7. The van der Waals surface area contributed by atoms with Crippen LogP contribution in [0.1, 0.15) is 27.6 Å². The summed E-state index contributed by atoms with van der Waals surface area (Å²) >= 11 is 6.09. The van der Waals surface area contributed by atoms with Gasteiger partial charge in [0.1, 0.15) is 6.10 Å². The van der Waals surface area contributed by atoms with Gasteiger partial charge in [0.25, 0.3) is 0 Å². The quantitative estimate of drug-likeness (QED) is 0.367. The number of phenolic OH excluding ortho intramolecular Hbond substituents is 4. The average molecular weight is 429 g/mol. The van der Waals surface area contributed by atoms with Crippen LogP contribution >= 0.6 is 11.6 Å². The molecule has 4 N–H and O–H groups in total. The first-order valence-corrected chi connectivity index (χ1v) is 9.41. The molecule has 0 bridgehead atoms. The highest BCUT2D eigenvalue weighted by Gasteiger charge is 2.37. The largest absolute Gasteiger partial charge is 0.504 e. The molecular formula is C22H17ClO7. The van der Waals surface area contributed by atoms with Crippen LogP contribution in [0.25, 0.3) is 0 Å². The van der Waals surface area contributed by atoms with E-state index in [1.165, 1.54) is 30.3 Å². The number of aromatic hydroxyl groups is 4. The maximum Gasteiger partial charge on any atom is 0.340 e. The van der Waals surface area contributed by atoms with Crippen molar-refractivity contribution in [3.05, 3.63) is 76.3 Å². The number of rotatable bonds is 3. The molecule has 4 rings (SSSR count). The van der Waals surface area contributed by atoms with Crippen molar-refractivity contribution in [1.29, 1.82) is 0 Å². The Morgan fingerprint density at radius 2 is 1.70 bits per heavy atom. The van der Waals surface area contributed by atoms with Crippen molar-refractivity contribution in [3.63, 3.8) is 0 Å². The molecule has 8 heteroatoms. The van der Waals surface area contributed by atoms with E-state index in [-0.39, 0.29) is 40.0 Å². The molecule has 0 spiro atoms. The van der Waals surface area contributed by atoms with Gasteiger partial charge in [-0.15, -0.1) is 0 Å². The Balaban J connectivity index is 1.73. The Morgan fingerprint density at radius 3 is 2.43 bits per heavy atom. The second-order valence-electron chi connectivity index (χ2n) is 6.84. The predicted molar refractivity (Wildman–Crippen MR) is 107 cm³/mol. The Kier molecular flexibility index (Phi) is 5.05. The summed E-state index contributed by atoms with van der Waals surface area (Å²) in [6, 6.07) is 13.4. The van der Waals surface area contributed by atoms with Crippen molar-refractivity contribution >= 4 is 17.6 Å². The van der Waals surface area contributed by atoms with Crippen molar-refractivity contribution in [3.8, 4) is 28.7 Å². The summed E-state index contributed by atoms with van der Waals surface area (Å²) in [4.78, 5) is 12.7. The number of esters is 1. The topological polar surface area (TPSA) is 116 Å². The first-order valence-electron chi connectivity index (χ1n) is 9.03. The molecule has 0 aliphatic carbocycles. The molecule has 2 atom stereocenters. The molecule has 0 saturated heterocycles. The number of carbonyl (C=O) groups excluding carboxylic acids is 1. The molecule has 1 aliphatic rings. The third-order valence-corrected chi connectivity index (χ3v) is 5.21. The van der Waals surface area contributed by atoms with Crippen LogP contribution in [-0.2, 0) is 11.2 Å². The molecule has 7 nitrogen and oxygen atoms in total. The minimum absolute atomic E-state index is 0.0533. The van der Waals surface area contributed by atoms with Crippen molar-refractivity contribution in [2.24, 2.45) is 0 Å². The van der Waals surface area contributed by atoms with Gasteiger partial charge in [-0.25, -0.2) is 4.79 Å². The van der Waals surface area contributed by atoms with Gasteiger partial charge in [-0.3, -0.25) is 0 Å². The van der Waals surface area contributed by atoms with Gasteiger partial charge in [0.15, 0.2) is 29.1 Å². The van der Waals surface area contributed by atoms with E-state index in [0.717, 1.165) is 0 Å². The van der Waals surface area contributed by atoms with Crippen LogP contribution in [-0.4, -0.2) is 32.5 Å². The zero-order valence-corrected chi connectivity index (χ0v) is 16.2. The summed E-state index contributed by atoms with van der Waals surface area (Å²) in [6.45, 7) is 0. The van der Waals surface area contributed by atoms with Crippen LogP contribution in [0.2, 0.25) is 5.02 Å². The van der Waals surface area contributed by atoms with Gasteiger partial charge in [-0.05, 0) is 30.3 Å². The van der Waals surface area contributed by atoms with Crippen molar-refractivity contribution < 1.29 is 34.7 Å². The first-order chi connectivity index (χ1) is 14.3. The fourth-order valence-electron chi connectivity index (χ4n) is 3.35. The van der Waals surface area contributed by atoms with Gasteiger partial charge >= 0.3 is 5.97 Å². The van der Waals surface area contributed by atoms with E-state index in [1.807, 2.05) is 0 Å². The lowest BCUT2D eigenvalue weighted by Crippen LogP contribution is -2.34. The van der Waals surface area contributed by atoms with Crippen LogP contribution in [0, 0.1) is 0 Å². The molecule has 3 aromatic rings. The number of carbonyl (C=O) groups is 1. The normalized spacial score (nSPS) is 17.6. The molecule has 0 aromatic heterocycles. The van der Waals surface area contributed by atoms with Crippen LogP contribution in [0.5, 0.6) is 28.7 Å². The van der Waals surface area contributed by atoms with Crippen molar-refractivity contribution in [1.82, 2.24) is 0 Å². The van der Waals surface area contributed by atoms with Gasteiger partial charge in [0, 0.05) is 17.5 Å². The lowest BCUT2D eigenvalue weighted by molar-refractivity contribution is -0.0192. The second kappa shape index (κ2) is 7.68. The number of phenols is 4. The molecule has 0 radical (unpaired) electrons. The molecule has 3 aromatic carbocycles. The summed E-state index contributed by atoms with van der Waals surface area (Å²) in [5.41, 5.74) is 1.11. The van der Waals surface area contributed by atoms with E-state index >= 15 is 0 Å². The van der Waals surface area contributed by atoms with Gasteiger partial charge in [0.05, 0.1) is 10.6 Å². The molecule has 0 unspecified atom stereocenters. The predicted octanol–water partition coefficient (Wildman–Crippen LogP) is 4.06. The third kappa shape index (κ3) is 3.55. The summed E-state index contributed by atoms with van der Waals surface area (Å²) in [5.74, 6) is -2.09. The lowest BCUT2D eigenvalue weighted by Gasteiger charge is -2.34. The number of halogens is 1. The summed E-state index contributed by atoms with van der Waals surface area (Å²) in [6.07, 6.45) is -1.59. The van der Waals surface area contributed by atoms with Crippen molar-refractivity contribution in [2.75, 3.05) is 0 Å². The van der Waals surface area contributed by atoms with E-state index in [4.69, 9.17) is 21.1 Å². The fourth-order valence-corrected chi connectivity index (χ4v) is 3.57. The summed E-state index contributed by atoms with van der Waals surface area (Å²) < 4.78 is 11.6. The average Bonchev–Trinajstić information content (AvgIpc) is 2.73. The number of hydrogen-bond donors (Lipinski definition) is 4. The molecular weight excluding hydrogens is 412 g/mol. The van der Waals surface area contributed by atoms with Gasteiger partial charge in [-0.2, -0.15) is 0 Å².